The number of hydrogen-bond acceptors (Lipinski definition) is 4. The van der Waals surface area contributed by atoms with Gasteiger partial charge in [0, 0.05) is 26.7 Å². The van der Waals surface area contributed by atoms with Crippen LogP contribution in [-0.2, 0) is 0 Å². The van der Waals surface area contributed by atoms with Gasteiger partial charge in [-0.3, -0.25) is 10.3 Å². The third kappa shape index (κ3) is 5.35. The van der Waals surface area contributed by atoms with Crippen LogP contribution in [0.15, 0.2) is 4.99 Å². The summed E-state index contributed by atoms with van der Waals surface area (Å²) in [5.74, 6) is 0.563. The van der Waals surface area contributed by atoms with E-state index in [0.29, 0.717) is 19.0 Å². The van der Waals surface area contributed by atoms with Crippen molar-refractivity contribution in [3.8, 4) is 6.19 Å². The Bertz CT molecular complexity index is 206. The maximum Gasteiger partial charge on any atom is 0.207 e. The van der Waals surface area contributed by atoms with E-state index in [1.54, 1.807) is 0 Å². The molecule has 0 amide bonds. The van der Waals surface area contributed by atoms with Gasteiger partial charge < -0.3 is 16.0 Å². The molecule has 0 spiro atoms. The molecule has 0 aliphatic rings. The Morgan fingerprint density at radius 1 is 1.64 bits per heavy atom. The number of likely N-dealkylation sites (N-methyl/N-ethyl adjacent to an activating group) is 2. The Hall–Kier alpha value is -1.32. The van der Waals surface area contributed by atoms with Crippen molar-refractivity contribution in [3.05, 3.63) is 0 Å². The Morgan fingerprint density at radius 3 is 2.86 bits per heavy atom. The van der Waals surface area contributed by atoms with Crippen molar-refractivity contribution >= 4 is 5.96 Å². The second-order valence-corrected chi connectivity index (χ2v) is 2.76. The first-order chi connectivity index (χ1) is 6.76. The van der Waals surface area contributed by atoms with Crippen LogP contribution in [0.1, 0.15) is 0 Å². The zero-order valence-corrected chi connectivity index (χ0v) is 8.75. The van der Waals surface area contributed by atoms with Gasteiger partial charge >= 0.3 is 0 Å². The molecule has 0 atom stereocenters. The van der Waals surface area contributed by atoms with Gasteiger partial charge in [0.15, 0.2) is 6.19 Å². The van der Waals surface area contributed by atoms with Crippen LogP contribution in [0.25, 0.3) is 0 Å². The summed E-state index contributed by atoms with van der Waals surface area (Å²) in [5.41, 5.74) is 5.32. The largest absolute Gasteiger partial charge is 0.344 e. The van der Waals surface area contributed by atoms with Gasteiger partial charge in [0.1, 0.15) is 0 Å². The molecule has 4 N–H and O–H groups in total. The second kappa shape index (κ2) is 8.29. The van der Waals surface area contributed by atoms with Crippen LogP contribution in [0.4, 0.5) is 0 Å². The highest BCUT2D eigenvalue weighted by Gasteiger charge is 2.03. The Balaban J connectivity index is 4.11. The second-order valence-electron chi connectivity index (χ2n) is 2.76. The predicted octanol–water partition coefficient (Wildman–Crippen LogP) is -1.48. The molecule has 0 aromatic carbocycles. The minimum atomic E-state index is 0.483. The van der Waals surface area contributed by atoms with E-state index in [-0.39, 0.29) is 0 Å². The number of nitrogens with zero attached hydrogens (tertiary/aromatic N) is 3. The number of nitrogens with one attached hydrogen (secondary N) is 2. The molecule has 0 aliphatic carbocycles. The lowest BCUT2D eigenvalue weighted by Crippen LogP contribution is -2.40. The van der Waals surface area contributed by atoms with Gasteiger partial charge in [-0.05, 0) is 7.05 Å². The fraction of sp³-hybridized carbons (Fsp3) is 0.750. The summed E-state index contributed by atoms with van der Waals surface area (Å²) < 4.78 is 0. The number of aliphatic imine (C=N–C) groups is 1. The third-order valence-corrected chi connectivity index (χ3v) is 1.62. The van der Waals surface area contributed by atoms with E-state index in [4.69, 9.17) is 11.0 Å². The van der Waals surface area contributed by atoms with Gasteiger partial charge in [0.2, 0.25) is 5.96 Å². The maximum absolute atomic E-state index is 8.49. The molecule has 0 saturated carbocycles. The lowest BCUT2D eigenvalue weighted by Gasteiger charge is -2.19. The quantitative estimate of drug-likeness (QED) is 0.217. The first kappa shape index (κ1) is 12.7. The number of hydrogen-bond donors (Lipinski definition) is 3. The van der Waals surface area contributed by atoms with E-state index >= 15 is 0 Å². The van der Waals surface area contributed by atoms with E-state index in [9.17, 15) is 0 Å². The van der Waals surface area contributed by atoms with Crippen LogP contribution in [0.2, 0.25) is 0 Å². The molecular formula is C8H18N6. The van der Waals surface area contributed by atoms with Crippen LogP contribution < -0.4 is 16.4 Å². The fourth-order valence-corrected chi connectivity index (χ4v) is 0.862. The van der Waals surface area contributed by atoms with Crippen LogP contribution >= 0.6 is 0 Å². The molecule has 0 aliphatic heterocycles. The summed E-state index contributed by atoms with van der Waals surface area (Å²) in [6, 6.07) is 0. The molecule has 0 unspecified atom stereocenters. The van der Waals surface area contributed by atoms with Gasteiger partial charge in [0.25, 0.3) is 0 Å². The van der Waals surface area contributed by atoms with Crippen molar-refractivity contribution in [1.29, 1.82) is 5.26 Å². The molecule has 80 valence electrons. The third-order valence-electron chi connectivity index (χ3n) is 1.62. The maximum atomic E-state index is 8.49. The monoisotopic (exact) mass is 198 g/mol. The predicted molar refractivity (Wildman–Crippen MR) is 56.7 cm³/mol. The summed E-state index contributed by atoms with van der Waals surface area (Å²) in [6.07, 6.45) is 1.85. The molecule has 0 rings (SSSR count). The van der Waals surface area contributed by atoms with Crippen molar-refractivity contribution in [2.45, 2.75) is 0 Å². The van der Waals surface area contributed by atoms with Crippen molar-refractivity contribution in [2.75, 3.05) is 40.3 Å². The van der Waals surface area contributed by atoms with Crippen molar-refractivity contribution in [2.24, 2.45) is 10.7 Å². The highest BCUT2D eigenvalue weighted by Crippen LogP contribution is 1.84. The Morgan fingerprint density at radius 2 is 2.36 bits per heavy atom. The average Bonchev–Trinajstić information content (AvgIpc) is 2.20. The van der Waals surface area contributed by atoms with Crippen LogP contribution in [-0.4, -0.2) is 51.1 Å². The topological polar surface area (TPSA) is 89.5 Å². The summed E-state index contributed by atoms with van der Waals surface area (Å²) in [7, 11) is 3.75. The zero-order valence-electron chi connectivity index (χ0n) is 8.75. The highest BCUT2D eigenvalue weighted by molar-refractivity contribution is 5.81. The summed E-state index contributed by atoms with van der Waals surface area (Å²) >= 11 is 0. The van der Waals surface area contributed by atoms with Crippen molar-refractivity contribution in [3.63, 3.8) is 0 Å². The number of nitrogens with two attached hydrogens (primary N) is 1. The molecule has 0 heterocycles. The summed E-state index contributed by atoms with van der Waals surface area (Å²) in [5, 5.41) is 14.0. The number of nitriles is 1. The minimum absolute atomic E-state index is 0.483. The molecule has 6 heteroatoms. The molecule has 14 heavy (non-hydrogen) atoms. The van der Waals surface area contributed by atoms with Crippen molar-refractivity contribution < 1.29 is 0 Å². The van der Waals surface area contributed by atoms with E-state index in [2.05, 4.69) is 15.6 Å². The minimum Gasteiger partial charge on any atom is -0.344 e. The van der Waals surface area contributed by atoms with Gasteiger partial charge in [-0.15, -0.1) is 0 Å². The Labute approximate surface area is 84.8 Å². The SMILES string of the molecule is CNCCN(C)C(=NCCN)NC#N. The summed E-state index contributed by atoms with van der Waals surface area (Å²) in [4.78, 5) is 6.01. The molecule has 0 fully saturated rings. The average molecular weight is 198 g/mol. The van der Waals surface area contributed by atoms with Crippen LogP contribution in [0.3, 0.4) is 0 Å². The lowest BCUT2D eigenvalue weighted by molar-refractivity contribution is 0.481. The molecule has 0 bridgehead atoms. The Kier molecular flexibility index (Phi) is 7.50. The molecule has 0 aromatic rings. The number of guanidine groups is 1. The van der Waals surface area contributed by atoms with Gasteiger partial charge in [-0.1, -0.05) is 0 Å². The fourth-order valence-electron chi connectivity index (χ4n) is 0.862. The van der Waals surface area contributed by atoms with Gasteiger partial charge in [-0.2, -0.15) is 5.26 Å². The van der Waals surface area contributed by atoms with E-state index in [1.807, 2.05) is 25.2 Å². The van der Waals surface area contributed by atoms with Crippen LogP contribution in [0, 0.1) is 11.5 Å². The molecule has 0 radical (unpaired) electrons. The van der Waals surface area contributed by atoms with Gasteiger partial charge in [0.05, 0.1) is 6.54 Å². The molecule has 0 aromatic heterocycles. The summed E-state index contributed by atoms with van der Waals surface area (Å²) in [6.45, 7) is 2.63. The van der Waals surface area contributed by atoms with E-state index in [0.717, 1.165) is 13.1 Å². The molecule has 6 nitrogen and oxygen atoms in total. The van der Waals surface area contributed by atoms with E-state index < -0.39 is 0 Å². The first-order valence-electron chi connectivity index (χ1n) is 4.51. The zero-order chi connectivity index (χ0) is 10.8. The first-order valence-corrected chi connectivity index (χ1v) is 4.51. The van der Waals surface area contributed by atoms with Crippen LogP contribution in [0.5, 0.6) is 0 Å². The standard InChI is InChI=1S/C8H18N6/c1-11-5-6-14(2)8(13-7-10)12-4-3-9/h11H,3-6,9H2,1-2H3,(H,12,13). The molecule has 0 saturated heterocycles. The highest BCUT2D eigenvalue weighted by atomic mass is 15.3. The van der Waals surface area contributed by atoms with Crippen molar-refractivity contribution in [1.82, 2.24) is 15.5 Å². The molecular weight excluding hydrogens is 180 g/mol. The van der Waals surface area contributed by atoms with Gasteiger partial charge in [-0.25, -0.2) is 0 Å². The lowest BCUT2D eigenvalue weighted by atomic mass is 10.5. The normalized spacial score (nSPS) is 10.9. The van der Waals surface area contributed by atoms with E-state index in [1.165, 1.54) is 0 Å². The number of rotatable bonds is 5. The smallest absolute Gasteiger partial charge is 0.207 e.